The molecule has 0 radical (unpaired) electrons. The fourth-order valence-electron chi connectivity index (χ4n) is 3.42. The molecule has 3 rings (SSSR count). The van der Waals surface area contributed by atoms with E-state index in [0.29, 0.717) is 25.4 Å². The minimum atomic E-state index is -1.16. The highest BCUT2D eigenvalue weighted by molar-refractivity contribution is 6.19. The maximum Gasteiger partial charge on any atom is 0.335 e. The molecule has 142 valence electrons. The molecule has 0 aliphatic heterocycles. The van der Waals surface area contributed by atoms with Crippen molar-refractivity contribution in [2.75, 3.05) is 13.2 Å². The molecule has 0 heterocycles. The van der Waals surface area contributed by atoms with Gasteiger partial charge in [0.25, 0.3) is 0 Å². The zero-order valence-electron chi connectivity index (χ0n) is 15.4. The van der Waals surface area contributed by atoms with Crippen LogP contribution in [0.5, 0.6) is 5.75 Å². The van der Waals surface area contributed by atoms with Crippen molar-refractivity contribution in [3.63, 3.8) is 0 Å². The first-order chi connectivity index (χ1) is 13.0. The standard InChI is InChI=1S/C21H22O6/c1-3-8-26-15-7-5-6-13-17(15)20(23)18-14(19(13)22)10-12(21(24)25)11-16(18)27-9-4-2/h5-7,10-11,14,18H,3-4,8-9H2,1-2H3,(H,24,25). The second-order valence-corrected chi connectivity index (χ2v) is 6.58. The lowest BCUT2D eigenvalue weighted by molar-refractivity contribution is -0.132. The van der Waals surface area contributed by atoms with Gasteiger partial charge in [-0.25, -0.2) is 4.79 Å². The molecule has 6 heteroatoms. The number of ketones is 2. The van der Waals surface area contributed by atoms with Crippen LogP contribution in [0.2, 0.25) is 0 Å². The molecular weight excluding hydrogens is 348 g/mol. The molecule has 2 aliphatic rings. The molecule has 0 saturated carbocycles. The number of aliphatic carboxylic acids is 1. The normalized spacial score (nSPS) is 21.0. The SMILES string of the molecule is CCCOC1=CC(C(=O)O)=CC2C(=O)c3cccc(OCCC)c3C(=O)C12. The van der Waals surface area contributed by atoms with Crippen LogP contribution in [0.15, 0.2) is 41.7 Å². The molecule has 1 N–H and O–H groups in total. The van der Waals surface area contributed by atoms with Gasteiger partial charge in [0, 0.05) is 5.56 Å². The summed E-state index contributed by atoms with van der Waals surface area (Å²) < 4.78 is 11.4. The van der Waals surface area contributed by atoms with Crippen LogP contribution in [0.3, 0.4) is 0 Å². The van der Waals surface area contributed by atoms with Gasteiger partial charge in [-0.1, -0.05) is 32.1 Å². The van der Waals surface area contributed by atoms with Gasteiger partial charge >= 0.3 is 5.97 Å². The van der Waals surface area contributed by atoms with Crippen LogP contribution in [0.4, 0.5) is 0 Å². The lowest BCUT2D eigenvalue weighted by atomic mass is 9.70. The Balaban J connectivity index is 2.11. The lowest BCUT2D eigenvalue weighted by Crippen LogP contribution is -2.39. The van der Waals surface area contributed by atoms with E-state index in [1.165, 1.54) is 12.2 Å². The predicted octanol–water partition coefficient (Wildman–Crippen LogP) is 3.42. The van der Waals surface area contributed by atoms with Crippen LogP contribution in [0.25, 0.3) is 0 Å². The Kier molecular flexibility index (Phi) is 5.44. The molecule has 0 saturated heterocycles. The topological polar surface area (TPSA) is 89.9 Å². The fourth-order valence-corrected chi connectivity index (χ4v) is 3.42. The second-order valence-electron chi connectivity index (χ2n) is 6.58. The average Bonchev–Trinajstić information content (AvgIpc) is 2.67. The summed E-state index contributed by atoms with van der Waals surface area (Å²) >= 11 is 0. The quantitative estimate of drug-likeness (QED) is 0.791. The van der Waals surface area contributed by atoms with E-state index in [2.05, 4.69) is 0 Å². The van der Waals surface area contributed by atoms with E-state index in [0.717, 1.165) is 6.42 Å². The number of carboxylic acids is 1. The molecule has 1 aromatic carbocycles. The molecule has 2 aliphatic carbocycles. The summed E-state index contributed by atoms with van der Waals surface area (Å²) in [5.41, 5.74) is 0.494. The van der Waals surface area contributed by atoms with E-state index < -0.39 is 17.8 Å². The van der Waals surface area contributed by atoms with Crippen molar-refractivity contribution in [1.82, 2.24) is 0 Å². The molecule has 2 unspecified atom stereocenters. The van der Waals surface area contributed by atoms with E-state index in [1.54, 1.807) is 18.2 Å². The Bertz CT molecular complexity index is 848. The van der Waals surface area contributed by atoms with Crippen LogP contribution < -0.4 is 4.74 Å². The summed E-state index contributed by atoms with van der Waals surface area (Å²) in [4.78, 5) is 37.9. The highest BCUT2D eigenvalue weighted by Gasteiger charge is 2.46. The van der Waals surface area contributed by atoms with Gasteiger partial charge in [0.05, 0.1) is 36.2 Å². The summed E-state index contributed by atoms with van der Waals surface area (Å²) in [6.45, 7) is 4.64. The highest BCUT2D eigenvalue weighted by Crippen LogP contribution is 2.42. The Labute approximate surface area is 157 Å². The number of hydrogen-bond donors (Lipinski definition) is 1. The number of benzene rings is 1. The van der Waals surface area contributed by atoms with Gasteiger partial charge in [-0.2, -0.15) is 0 Å². The Morgan fingerprint density at radius 3 is 2.44 bits per heavy atom. The van der Waals surface area contributed by atoms with E-state index in [1.807, 2.05) is 13.8 Å². The first-order valence-corrected chi connectivity index (χ1v) is 9.13. The summed E-state index contributed by atoms with van der Waals surface area (Å²) in [7, 11) is 0. The van der Waals surface area contributed by atoms with Crippen LogP contribution in [0.1, 0.15) is 47.4 Å². The summed E-state index contributed by atoms with van der Waals surface area (Å²) in [5, 5.41) is 9.38. The van der Waals surface area contributed by atoms with Crippen molar-refractivity contribution < 1.29 is 29.0 Å². The zero-order chi connectivity index (χ0) is 19.6. The van der Waals surface area contributed by atoms with Crippen molar-refractivity contribution >= 4 is 17.5 Å². The molecule has 0 aromatic heterocycles. The van der Waals surface area contributed by atoms with Gasteiger partial charge in [0.15, 0.2) is 11.6 Å². The molecule has 0 bridgehead atoms. The lowest BCUT2D eigenvalue weighted by Gasteiger charge is -2.33. The minimum absolute atomic E-state index is 0.0367. The zero-order valence-corrected chi connectivity index (χ0v) is 15.4. The number of carbonyl (C=O) groups is 3. The molecular formula is C21H22O6. The molecule has 27 heavy (non-hydrogen) atoms. The van der Waals surface area contributed by atoms with Gasteiger partial charge in [-0.05, 0) is 25.0 Å². The number of fused-ring (bicyclic) bond motifs is 2. The fraction of sp³-hybridized carbons (Fsp3) is 0.381. The number of rotatable bonds is 7. The minimum Gasteiger partial charge on any atom is -0.497 e. The summed E-state index contributed by atoms with van der Waals surface area (Å²) in [5.74, 6) is -2.84. The van der Waals surface area contributed by atoms with Crippen LogP contribution in [0, 0.1) is 11.8 Å². The van der Waals surface area contributed by atoms with E-state index in [-0.39, 0.29) is 34.0 Å². The van der Waals surface area contributed by atoms with E-state index in [9.17, 15) is 19.5 Å². The molecule has 0 fully saturated rings. The van der Waals surface area contributed by atoms with Gasteiger partial charge in [0.1, 0.15) is 11.5 Å². The summed E-state index contributed by atoms with van der Waals surface area (Å²) in [6, 6.07) is 4.94. The third-order valence-electron chi connectivity index (χ3n) is 4.63. The third-order valence-corrected chi connectivity index (χ3v) is 4.63. The smallest absolute Gasteiger partial charge is 0.335 e. The number of Topliss-reactive ketones (excluding diaryl/α,β-unsaturated/α-hetero) is 2. The monoisotopic (exact) mass is 370 g/mol. The average molecular weight is 370 g/mol. The predicted molar refractivity (Wildman–Crippen MR) is 97.9 cm³/mol. The van der Waals surface area contributed by atoms with Gasteiger partial charge in [-0.15, -0.1) is 0 Å². The van der Waals surface area contributed by atoms with Crippen LogP contribution in [-0.4, -0.2) is 35.9 Å². The Morgan fingerprint density at radius 2 is 1.78 bits per heavy atom. The van der Waals surface area contributed by atoms with Crippen molar-refractivity contribution in [2.45, 2.75) is 26.7 Å². The first-order valence-electron chi connectivity index (χ1n) is 9.13. The second kappa shape index (κ2) is 7.78. The Hall–Kier alpha value is -2.89. The van der Waals surface area contributed by atoms with E-state index >= 15 is 0 Å². The molecule has 0 spiro atoms. The molecule has 0 amide bonds. The van der Waals surface area contributed by atoms with Gasteiger partial charge < -0.3 is 14.6 Å². The number of carbonyl (C=O) groups excluding carboxylic acids is 2. The van der Waals surface area contributed by atoms with Crippen molar-refractivity contribution in [3.05, 3.63) is 52.8 Å². The first kappa shape index (κ1) is 18.9. The maximum atomic E-state index is 13.3. The summed E-state index contributed by atoms with van der Waals surface area (Å²) in [6.07, 6.45) is 4.18. The highest BCUT2D eigenvalue weighted by atomic mass is 16.5. The number of carboxylic acid groups (broad SMARTS) is 1. The maximum absolute atomic E-state index is 13.3. The van der Waals surface area contributed by atoms with E-state index in [4.69, 9.17) is 9.47 Å². The number of hydrogen-bond acceptors (Lipinski definition) is 5. The van der Waals surface area contributed by atoms with Crippen LogP contribution >= 0.6 is 0 Å². The van der Waals surface area contributed by atoms with Crippen LogP contribution in [-0.2, 0) is 9.53 Å². The van der Waals surface area contributed by atoms with Crippen molar-refractivity contribution in [3.8, 4) is 5.75 Å². The van der Waals surface area contributed by atoms with Gasteiger partial charge in [-0.3, -0.25) is 9.59 Å². The third kappa shape index (κ3) is 3.39. The van der Waals surface area contributed by atoms with Gasteiger partial charge in [0.2, 0.25) is 0 Å². The number of ether oxygens (including phenoxy) is 2. The largest absolute Gasteiger partial charge is 0.497 e. The van der Waals surface area contributed by atoms with Crippen molar-refractivity contribution in [1.29, 1.82) is 0 Å². The molecule has 1 aromatic rings. The number of allylic oxidation sites excluding steroid dienone is 2. The molecule has 2 atom stereocenters. The molecule has 6 nitrogen and oxygen atoms in total. The van der Waals surface area contributed by atoms with Crippen molar-refractivity contribution in [2.24, 2.45) is 11.8 Å². The Morgan fingerprint density at radius 1 is 1.07 bits per heavy atom.